The van der Waals surface area contributed by atoms with Crippen molar-refractivity contribution in [2.75, 3.05) is 14.2 Å². The van der Waals surface area contributed by atoms with E-state index in [0.717, 1.165) is 12.8 Å². The van der Waals surface area contributed by atoms with Gasteiger partial charge in [0, 0.05) is 17.0 Å². The van der Waals surface area contributed by atoms with E-state index in [1.165, 1.54) is 20.3 Å². The highest BCUT2D eigenvalue weighted by Gasteiger charge is 2.49. The molecule has 5 heteroatoms. The van der Waals surface area contributed by atoms with E-state index >= 15 is 0 Å². The van der Waals surface area contributed by atoms with Crippen LogP contribution in [0.2, 0.25) is 0 Å². The highest BCUT2D eigenvalue weighted by Crippen LogP contribution is 2.54. The average molecular weight is 271 g/mol. The first kappa shape index (κ1) is 14.1. The Kier molecular flexibility index (Phi) is 3.67. The van der Waals surface area contributed by atoms with Gasteiger partial charge in [-0.05, 0) is 37.5 Å². The van der Waals surface area contributed by atoms with Crippen molar-refractivity contribution in [3.05, 3.63) is 23.3 Å². The number of hydrogen-bond donors (Lipinski definition) is 1. The molecule has 0 radical (unpaired) electrons. The Balaban J connectivity index is 2.58. The largest absolute Gasteiger partial charge is 0.493 e. The van der Waals surface area contributed by atoms with E-state index in [9.17, 15) is 8.78 Å². The van der Waals surface area contributed by atoms with Crippen molar-refractivity contribution < 1.29 is 18.3 Å². The monoisotopic (exact) mass is 271 g/mol. The van der Waals surface area contributed by atoms with Crippen LogP contribution < -0.4 is 15.2 Å². The molecule has 0 saturated heterocycles. The van der Waals surface area contributed by atoms with Crippen molar-refractivity contribution in [3.63, 3.8) is 0 Å². The molecule has 1 saturated carbocycles. The van der Waals surface area contributed by atoms with Gasteiger partial charge in [0.15, 0.2) is 11.5 Å². The third kappa shape index (κ3) is 2.27. The van der Waals surface area contributed by atoms with E-state index in [2.05, 4.69) is 0 Å². The van der Waals surface area contributed by atoms with Gasteiger partial charge in [0.1, 0.15) is 0 Å². The second-order valence-corrected chi connectivity index (χ2v) is 5.04. The second-order valence-electron chi connectivity index (χ2n) is 5.04. The smallest absolute Gasteiger partial charge is 0.264 e. The Labute approximate surface area is 111 Å². The van der Waals surface area contributed by atoms with Crippen molar-refractivity contribution in [2.24, 2.45) is 5.73 Å². The highest BCUT2D eigenvalue weighted by molar-refractivity contribution is 5.52. The molecule has 1 aliphatic rings. The summed E-state index contributed by atoms with van der Waals surface area (Å²) in [5.41, 5.74) is 6.22. The van der Waals surface area contributed by atoms with E-state index in [1.807, 2.05) is 6.92 Å². The van der Waals surface area contributed by atoms with Crippen LogP contribution >= 0.6 is 0 Å². The average Bonchev–Trinajstić information content (AvgIpc) is 3.18. The third-order valence-corrected chi connectivity index (χ3v) is 3.99. The zero-order valence-corrected chi connectivity index (χ0v) is 11.4. The SMILES string of the molecule is COc1cc(C(F)F)c(C2(C(C)N)CC2)cc1OC. The number of ether oxygens (including phenoxy) is 2. The maximum absolute atomic E-state index is 13.3. The quantitative estimate of drug-likeness (QED) is 0.895. The summed E-state index contributed by atoms with van der Waals surface area (Å²) < 4.78 is 36.8. The summed E-state index contributed by atoms with van der Waals surface area (Å²) in [6.45, 7) is 1.86. The first-order valence-corrected chi connectivity index (χ1v) is 6.26. The lowest BCUT2D eigenvalue weighted by molar-refractivity contribution is 0.148. The van der Waals surface area contributed by atoms with Gasteiger partial charge in [0.2, 0.25) is 0 Å². The molecule has 0 heterocycles. The Bertz CT molecular complexity index is 471. The van der Waals surface area contributed by atoms with Gasteiger partial charge in [-0.25, -0.2) is 8.78 Å². The van der Waals surface area contributed by atoms with Crippen LogP contribution in [0.1, 0.15) is 37.3 Å². The predicted molar refractivity (Wildman–Crippen MR) is 69.1 cm³/mol. The number of benzene rings is 1. The molecule has 0 bridgehead atoms. The molecular formula is C14H19F2NO2. The molecule has 19 heavy (non-hydrogen) atoms. The minimum Gasteiger partial charge on any atom is -0.493 e. The van der Waals surface area contributed by atoms with Crippen LogP contribution in [0.3, 0.4) is 0 Å². The van der Waals surface area contributed by atoms with Gasteiger partial charge in [-0.1, -0.05) is 0 Å². The van der Waals surface area contributed by atoms with Crippen LogP contribution in [-0.4, -0.2) is 20.3 Å². The number of methoxy groups -OCH3 is 2. The van der Waals surface area contributed by atoms with Gasteiger partial charge in [-0.2, -0.15) is 0 Å². The fourth-order valence-electron chi connectivity index (χ4n) is 2.61. The van der Waals surface area contributed by atoms with Crippen molar-refractivity contribution in [2.45, 2.75) is 37.6 Å². The molecule has 1 aromatic rings. The maximum atomic E-state index is 13.3. The summed E-state index contributed by atoms with van der Waals surface area (Å²) >= 11 is 0. The molecule has 2 N–H and O–H groups in total. The van der Waals surface area contributed by atoms with Gasteiger partial charge in [0.25, 0.3) is 6.43 Å². The van der Waals surface area contributed by atoms with E-state index in [0.29, 0.717) is 17.1 Å². The first-order valence-electron chi connectivity index (χ1n) is 6.26. The molecule has 0 amide bonds. The third-order valence-electron chi connectivity index (χ3n) is 3.99. The van der Waals surface area contributed by atoms with Crippen LogP contribution in [0.4, 0.5) is 8.78 Å². The molecule has 1 atom stereocenters. The Morgan fingerprint density at radius 1 is 1.16 bits per heavy atom. The molecule has 0 aromatic heterocycles. The molecule has 1 fully saturated rings. The minimum atomic E-state index is -2.55. The molecule has 1 aliphatic carbocycles. The lowest BCUT2D eigenvalue weighted by Gasteiger charge is -2.24. The van der Waals surface area contributed by atoms with Crippen molar-refractivity contribution in [1.29, 1.82) is 0 Å². The number of hydrogen-bond acceptors (Lipinski definition) is 3. The minimum absolute atomic E-state index is 0.00699. The first-order chi connectivity index (χ1) is 8.96. The van der Waals surface area contributed by atoms with Crippen LogP contribution in [0, 0.1) is 0 Å². The maximum Gasteiger partial charge on any atom is 0.264 e. The summed E-state index contributed by atoms with van der Waals surface area (Å²) in [6.07, 6.45) is -0.884. The fourth-order valence-corrected chi connectivity index (χ4v) is 2.61. The van der Waals surface area contributed by atoms with Gasteiger partial charge < -0.3 is 15.2 Å². The second kappa shape index (κ2) is 4.96. The van der Waals surface area contributed by atoms with Crippen molar-refractivity contribution >= 4 is 0 Å². The zero-order valence-electron chi connectivity index (χ0n) is 11.4. The van der Waals surface area contributed by atoms with Gasteiger partial charge in [-0.15, -0.1) is 0 Å². The number of nitrogens with two attached hydrogens (primary N) is 1. The standard InChI is InChI=1S/C14H19F2NO2/c1-8(17)14(4-5-14)10-7-12(19-3)11(18-2)6-9(10)13(15)16/h6-8,13H,4-5,17H2,1-3H3. The summed E-state index contributed by atoms with van der Waals surface area (Å²) in [5, 5.41) is 0. The zero-order chi connectivity index (χ0) is 14.2. The molecule has 1 unspecified atom stereocenters. The van der Waals surface area contributed by atoms with Crippen LogP contribution in [-0.2, 0) is 5.41 Å². The molecule has 106 valence electrons. The Morgan fingerprint density at radius 2 is 1.68 bits per heavy atom. The summed E-state index contributed by atoms with van der Waals surface area (Å²) in [7, 11) is 2.93. The fraction of sp³-hybridized carbons (Fsp3) is 0.571. The summed E-state index contributed by atoms with van der Waals surface area (Å²) in [6, 6.07) is 2.85. The lowest BCUT2D eigenvalue weighted by atomic mass is 9.85. The summed E-state index contributed by atoms with van der Waals surface area (Å²) in [5.74, 6) is 0.788. The van der Waals surface area contributed by atoms with E-state index in [-0.39, 0.29) is 17.0 Å². The van der Waals surface area contributed by atoms with Crippen LogP contribution in [0.25, 0.3) is 0 Å². The molecule has 0 spiro atoms. The molecular weight excluding hydrogens is 252 g/mol. The molecule has 0 aliphatic heterocycles. The topological polar surface area (TPSA) is 44.5 Å². The van der Waals surface area contributed by atoms with Crippen molar-refractivity contribution in [3.8, 4) is 11.5 Å². The molecule has 1 aromatic carbocycles. The van der Waals surface area contributed by atoms with Crippen LogP contribution in [0.5, 0.6) is 11.5 Å². The van der Waals surface area contributed by atoms with Gasteiger partial charge >= 0.3 is 0 Å². The number of alkyl halides is 2. The van der Waals surface area contributed by atoms with E-state index in [1.54, 1.807) is 6.07 Å². The number of halogens is 2. The summed E-state index contributed by atoms with van der Waals surface area (Å²) in [4.78, 5) is 0. The number of rotatable bonds is 5. The molecule has 2 rings (SSSR count). The lowest BCUT2D eigenvalue weighted by Crippen LogP contribution is -2.32. The van der Waals surface area contributed by atoms with E-state index in [4.69, 9.17) is 15.2 Å². The Hall–Kier alpha value is -1.36. The van der Waals surface area contributed by atoms with Crippen LogP contribution in [0.15, 0.2) is 12.1 Å². The van der Waals surface area contributed by atoms with Gasteiger partial charge in [-0.3, -0.25) is 0 Å². The van der Waals surface area contributed by atoms with E-state index < -0.39 is 6.43 Å². The van der Waals surface area contributed by atoms with Gasteiger partial charge in [0.05, 0.1) is 14.2 Å². The molecule has 3 nitrogen and oxygen atoms in total. The van der Waals surface area contributed by atoms with Crippen molar-refractivity contribution in [1.82, 2.24) is 0 Å². The Morgan fingerprint density at radius 3 is 2.05 bits per heavy atom. The normalized spacial score (nSPS) is 18.3. The highest BCUT2D eigenvalue weighted by atomic mass is 19.3. The predicted octanol–water partition coefficient (Wildman–Crippen LogP) is 3.02.